The van der Waals surface area contributed by atoms with Gasteiger partial charge in [-0.1, -0.05) is 36.9 Å². The topological polar surface area (TPSA) is 59.1 Å². The van der Waals surface area contributed by atoms with Gasteiger partial charge in [0.25, 0.3) is 0 Å². The van der Waals surface area contributed by atoms with Crippen molar-refractivity contribution < 1.29 is 19.1 Å². The minimum Gasteiger partial charge on any atom is -0.458 e. The first-order chi connectivity index (χ1) is 16.1. The number of carbonyl (C=O) groups excluding carboxylic acids is 2. The number of anilines is 1. The smallest absolute Gasteiger partial charge is 0.332 e. The van der Waals surface area contributed by atoms with Crippen molar-refractivity contribution >= 4 is 50.0 Å². The summed E-state index contributed by atoms with van der Waals surface area (Å²) in [6.07, 6.45) is -0.396. The summed E-state index contributed by atoms with van der Waals surface area (Å²) in [7, 11) is 0. The normalized spacial score (nSPS) is 15.5. The molecular weight excluding hydrogens is 528 g/mol. The number of carbonyl (C=O) groups is 2. The molecule has 0 bridgehead atoms. The lowest BCUT2D eigenvalue weighted by atomic mass is 9.97. The largest absolute Gasteiger partial charge is 0.458 e. The maximum atomic E-state index is 14.1. The van der Waals surface area contributed by atoms with Gasteiger partial charge < -0.3 is 9.47 Å². The van der Waals surface area contributed by atoms with Gasteiger partial charge in [-0.2, -0.15) is 0 Å². The molecule has 3 rings (SSSR count). The summed E-state index contributed by atoms with van der Waals surface area (Å²) in [6, 6.07) is 9.54. The Morgan fingerprint density at radius 1 is 1.14 bits per heavy atom. The highest BCUT2D eigenvalue weighted by atomic mass is 79.9. The second kappa shape index (κ2) is 10.1. The molecule has 1 aromatic carbocycles. The van der Waals surface area contributed by atoms with E-state index in [1.807, 2.05) is 71.9 Å². The predicted octanol–water partition coefficient (Wildman–Crippen LogP) is 7.32. The number of esters is 1. The number of rotatable bonds is 7. The number of benzene rings is 1. The van der Waals surface area contributed by atoms with Gasteiger partial charge in [0.2, 0.25) is 0 Å². The summed E-state index contributed by atoms with van der Waals surface area (Å²) < 4.78 is 12.9. The van der Waals surface area contributed by atoms with E-state index in [0.29, 0.717) is 5.70 Å². The minimum absolute atomic E-state index is 0.0411. The number of fused-ring (bicyclic) bond motifs is 1. The van der Waals surface area contributed by atoms with Crippen molar-refractivity contribution in [1.82, 2.24) is 4.90 Å². The first-order valence-corrected chi connectivity index (χ1v) is 13.3. The Kier molecular flexibility index (Phi) is 7.89. The van der Waals surface area contributed by atoms with Gasteiger partial charge in [0.05, 0.1) is 22.1 Å². The Morgan fingerprint density at radius 2 is 1.74 bits per heavy atom. The number of thiophene rings is 1. The zero-order valence-electron chi connectivity index (χ0n) is 21.8. The highest BCUT2D eigenvalue weighted by Crippen LogP contribution is 2.49. The summed E-state index contributed by atoms with van der Waals surface area (Å²) >= 11 is 5.12. The lowest BCUT2D eigenvalue weighted by Crippen LogP contribution is -2.59. The molecule has 35 heavy (non-hydrogen) atoms. The Morgan fingerprint density at radius 3 is 2.29 bits per heavy atom. The fourth-order valence-corrected chi connectivity index (χ4v) is 5.78. The maximum absolute atomic E-state index is 14.1. The Hall–Kier alpha value is -2.16. The van der Waals surface area contributed by atoms with Crippen molar-refractivity contribution in [2.45, 2.75) is 78.7 Å². The van der Waals surface area contributed by atoms with Crippen LogP contribution in [0.3, 0.4) is 0 Å². The summed E-state index contributed by atoms with van der Waals surface area (Å²) in [5.41, 5.74) is 1.31. The van der Waals surface area contributed by atoms with Crippen LogP contribution in [0.1, 0.15) is 71.3 Å². The first kappa shape index (κ1) is 27.4. The van der Waals surface area contributed by atoms with Gasteiger partial charge in [-0.05, 0) is 82.4 Å². The van der Waals surface area contributed by atoms with E-state index in [1.165, 1.54) is 16.2 Å². The van der Waals surface area contributed by atoms with Crippen LogP contribution in [-0.4, -0.2) is 40.7 Å². The van der Waals surface area contributed by atoms with Gasteiger partial charge in [0.1, 0.15) is 22.2 Å². The average Bonchev–Trinajstić information content (AvgIpc) is 3.03. The molecule has 1 aliphatic rings. The third-order valence-corrected chi connectivity index (χ3v) is 7.89. The van der Waals surface area contributed by atoms with Crippen LogP contribution >= 0.6 is 27.3 Å². The molecule has 1 aliphatic heterocycles. The van der Waals surface area contributed by atoms with E-state index in [-0.39, 0.29) is 24.8 Å². The number of amides is 2. The second-order valence-electron chi connectivity index (χ2n) is 10.5. The summed E-state index contributed by atoms with van der Waals surface area (Å²) in [5, 5.41) is 0.786. The fourth-order valence-electron chi connectivity index (χ4n) is 4.06. The molecule has 0 aliphatic carbocycles. The SMILES string of the molecule is C=C1c2c(sc(Br)c2C)N(C[C@H](OC(C)C)c2ccccc2)C(=O)N1C(C)(C)C(=O)OC(C)(C)C. The van der Waals surface area contributed by atoms with Crippen LogP contribution in [0.15, 0.2) is 40.7 Å². The molecule has 2 aromatic rings. The van der Waals surface area contributed by atoms with Crippen molar-refractivity contribution in [1.29, 1.82) is 0 Å². The zero-order chi connectivity index (χ0) is 26.3. The van der Waals surface area contributed by atoms with Crippen molar-refractivity contribution in [2.24, 2.45) is 0 Å². The number of hydrogen-bond donors (Lipinski definition) is 0. The summed E-state index contributed by atoms with van der Waals surface area (Å²) in [4.78, 5) is 30.5. The van der Waals surface area contributed by atoms with Crippen LogP contribution in [0.4, 0.5) is 9.80 Å². The molecule has 0 spiro atoms. The van der Waals surface area contributed by atoms with Crippen molar-refractivity contribution in [3.63, 3.8) is 0 Å². The van der Waals surface area contributed by atoms with E-state index in [4.69, 9.17) is 9.47 Å². The minimum atomic E-state index is -1.28. The number of nitrogens with zero attached hydrogens (tertiary/aromatic N) is 2. The third kappa shape index (κ3) is 5.65. The third-order valence-electron chi connectivity index (χ3n) is 5.71. The molecule has 0 radical (unpaired) electrons. The van der Waals surface area contributed by atoms with Crippen LogP contribution in [0, 0.1) is 6.92 Å². The molecule has 190 valence electrons. The van der Waals surface area contributed by atoms with Crippen molar-refractivity contribution in [3.05, 3.63) is 57.4 Å². The molecular formula is C27H35BrN2O4S. The van der Waals surface area contributed by atoms with Crippen LogP contribution in [-0.2, 0) is 14.3 Å². The highest BCUT2D eigenvalue weighted by molar-refractivity contribution is 9.11. The van der Waals surface area contributed by atoms with Gasteiger partial charge in [0.15, 0.2) is 0 Å². The van der Waals surface area contributed by atoms with E-state index < -0.39 is 17.1 Å². The molecule has 1 aromatic heterocycles. The molecule has 1 atom stereocenters. The quantitative estimate of drug-likeness (QED) is 0.331. The van der Waals surface area contributed by atoms with E-state index in [9.17, 15) is 9.59 Å². The molecule has 0 saturated heterocycles. The highest BCUT2D eigenvalue weighted by Gasteiger charge is 2.49. The van der Waals surface area contributed by atoms with E-state index in [0.717, 1.165) is 25.5 Å². The molecule has 2 heterocycles. The Bertz CT molecular complexity index is 1120. The van der Waals surface area contributed by atoms with E-state index >= 15 is 0 Å². The molecule has 8 heteroatoms. The standard InChI is InChI=1S/C27H35BrN2O4S/c1-16(2)33-20(19-13-11-10-12-14-19)15-29-23-21(17(3)22(28)35-23)18(4)30(25(29)32)27(8,9)24(31)34-26(5,6)7/h10-14,16,20H,4,15H2,1-3,5-9H3/t20-/m0/s1. The molecule has 2 amide bonds. The molecule has 0 fully saturated rings. The number of halogens is 1. The van der Waals surface area contributed by atoms with E-state index in [2.05, 4.69) is 22.5 Å². The van der Waals surface area contributed by atoms with Gasteiger partial charge in [0, 0.05) is 5.56 Å². The van der Waals surface area contributed by atoms with Crippen LogP contribution in [0.5, 0.6) is 0 Å². The number of ether oxygens (including phenoxy) is 2. The lowest BCUT2D eigenvalue weighted by molar-refractivity contribution is -0.164. The summed E-state index contributed by atoms with van der Waals surface area (Å²) in [6.45, 7) is 19.3. The maximum Gasteiger partial charge on any atom is 0.332 e. The first-order valence-electron chi connectivity index (χ1n) is 11.7. The van der Waals surface area contributed by atoms with Gasteiger partial charge in [-0.15, -0.1) is 11.3 Å². The van der Waals surface area contributed by atoms with Gasteiger partial charge in [-0.3, -0.25) is 9.80 Å². The molecule has 0 unspecified atom stereocenters. The van der Waals surface area contributed by atoms with Crippen LogP contribution < -0.4 is 4.90 Å². The second-order valence-corrected chi connectivity index (χ2v) is 12.8. The van der Waals surface area contributed by atoms with Gasteiger partial charge in [-0.25, -0.2) is 9.59 Å². The van der Waals surface area contributed by atoms with Crippen molar-refractivity contribution in [3.8, 4) is 0 Å². The predicted molar refractivity (Wildman–Crippen MR) is 146 cm³/mol. The monoisotopic (exact) mass is 562 g/mol. The van der Waals surface area contributed by atoms with Crippen LogP contribution in [0.2, 0.25) is 0 Å². The van der Waals surface area contributed by atoms with Gasteiger partial charge >= 0.3 is 12.0 Å². The Balaban J connectivity index is 2.10. The molecule has 6 nitrogen and oxygen atoms in total. The van der Waals surface area contributed by atoms with Crippen LogP contribution in [0.25, 0.3) is 5.70 Å². The van der Waals surface area contributed by atoms with Crippen molar-refractivity contribution in [2.75, 3.05) is 11.4 Å². The number of hydrogen-bond acceptors (Lipinski definition) is 5. The Labute approximate surface area is 221 Å². The summed E-state index contributed by atoms with van der Waals surface area (Å²) in [5.74, 6) is -0.493. The lowest BCUT2D eigenvalue weighted by Gasteiger charge is -2.45. The molecule has 0 N–H and O–H groups in total. The number of urea groups is 1. The van der Waals surface area contributed by atoms with E-state index in [1.54, 1.807) is 18.7 Å². The molecule has 0 saturated carbocycles. The zero-order valence-corrected chi connectivity index (χ0v) is 24.2. The average molecular weight is 564 g/mol. The fraction of sp³-hybridized carbons (Fsp3) is 0.481.